The normalized spacial score (nSPS) is 12.6. The molecular formula is C63H46N2. The lowest BCUT2D eigenvalue weighted by atomic mass is 9.82. The highest BCUT2D eigenvalue weighted by molar-refractivity contribution is 6.16. The van der Waals surface area contributed by atoms with Gasteiger partial charge in [0.1, 0.15) is 0 Å². The van der Waals surface area contributed by atoms with Crippen LogP contribution >= 0.6 is 0 Å². The van der Waals surface area contributed by atoms with E-state index in [1.165, 1.54) is 83.0 Å². The van der Waals surface area contributed by atoms with Crippen molar-refractivity contribution in [3.05, 3.63) is 254 Å². The Morgan fingerprint density at radius 2 is 0.877 bits per heavy atom. The topological polar surface area (TPSA) is 8.17 Å². The van der Waals surface area contributed by atoms with E-state index in [1.54, 1.807) is 0 Å². The fraction of sp³-hybridized carbons (Fsp3) is 0.0476. The first-order valence-electron chi connectivity index (χ1n) is 22.6. The Balaban J connectivity index is 1.03. The number of hydrogen-bond donors (Lipinski definition) is 0. The Hall–Kier alpha value is -8.20. The van der Waals surface area contributed by atoms with Crippen LogP contribution in [0, 0.1) is 0 Å². The summed E-state index contributed by atoms with van der Waals surface area (Å²) in [5.74, 6) is 0. The van der Waals surface area contributed by atoms with E-state index in [-0.39, 0.29) is 5.41 Å². The predicted octanol–water partition coefficient (Wildman–Crippen LogP) is 17.2. The standard InChI is InChI=1S/C63H46N2/c1-63(2)56-29-12-9-25-54(56)61-53(28-16-30-57(61)63)52-24-10-13-31-58(52)64(49-40-38-46(39-41-49)45-36-34-44(35-37-45)43-18-5-3-6-19-43)50-23-15-20-47(42-50)51-27-17-33-60-62(51)55-26-11-14-32-59(55)65(60)48-21-7-4-8-22-48/h3-42H,1-2H3. The van der Waals surface area contributed by atoms with Crippen LogP contribution in [0.2, 0.25) is 0 Å². The maximum Gasteiger partial charge on any atom is 0.0547 e. The van der Waals surface area contributed by atoms with Crippen LogP contribution in [0.4, 0.5) is 17.1 Å². The molecule has 0 saturated heterocycles. The van der Waals surface area contributed by atoms with Crippen LogP contribution in [-0.2, 0) is 5.41 Å². The molecule has 0 spiro atoms. The van der Waals surface area contributed by atoms with Crippen LogP contribution in [0.1, 0.15) is 25.0 Å². The van der Waals surface area contributed by atoms with Crippen molar-refractivity contribution < 1.29 is 0 Å². The minimum absolute atomic E-state index is 0.106. The summed E-state index contributed by atoms with van der Waals surface area (Å²) in [5, 5.41) is 2.49. The summed E-state index contributed by atoms with van der Waals surface area (Å²) in [4.78, 5) is 2.46. The molecular weight excluding hydrogens is 785 g/mol. The first-order chi connectivity index (χ1) is 32.0. The van der Waals surface area contributed by atoms with E-state index in [0.29, 0.717) is 0 Å². The largest absolute Gasteiger partial charge is 0.310 e. The molecule has 0 N–H and O–H groups in total. The van der Waals surface area contributed by atoms with Crippen LogP contribution in [0.15, 0.2) is 243 Å². The summed E-state index contributed by atoms with van der Waals surface area (Å²) in [6.45, 7) is 4.72. The maximum absolute atomic E-state index is 2.46. The minimum Gasteiger partial charge on any atom is -0.310 e. The zero-order valence-corrected chi connectivity index (χ0v) is 36.5. The molecule has 0 unspecified atom stereocenters. The predicted molar refractivity (Wildman–Crippen MR) is 275 cm³/mol. The van der Waals surface area contributed by atoms with Crippen molar-refractivity contribution >= 4 is 38.9 Å². The molecule has 2 heteroatoms. The van der Waals surface area contributed by atoms with Gasteiger partial charge in [-0.25, -0.2) is 0 Å². The van der Waals surface area contributed by atoms with Gasteiger partial charge in [-0.2, -0.15) is 0 Å². The van der Waals surface area contributed by atoms with Gasteiger partial charge < -0.3 is 9.47 Å². The molecule has 1 aromatic heterocycles. The van der Waals surface area contributed by atoms with E-state index >= 15 is 0 Å². The highest BCUT2D eigenvalue weighted by Crippen LogP contribution is 2.54. The van der Waals surface area contributed by atoms with Gasteiger partial charge in [0.15, 0.2) is 0 Å². The van der Waals surface area contributed by atoms with Gasteiger partial charge in [-0.05, 0) is 116 Å². The van der Waals surface area contributed by atoms with E-state index in [4.69, 9.17) is 0 Å². The lowest BCUT2D eigenvalue weighted by Crippen LogP contribution is -2.14. The van der Waals surface area contributed by atoms with Crippen molar-refractivity contribution in [2.75, 3.05) is 4.90 Å². The van der Waals surface area contributed by atoms with E-state index in [1.807, 2.05) is 0 Å². The smallest absolute Gasteiger partial charge is 0.0547 e. The van der Waals surface area contributed by atoms with Crippen LogP contribution in [0.3, 0.4) is 0 Å². The molecule has 2 nitrogen and oxygen atoms in total. The third-order valence-corrected chi connectivity index (χ3v) is 13.6. The molecule has 0 saturated carbocycles. The molecule has 0 atom stereocenters. The second-order valence-electron chi connectivity index (χ2n) is 17.7. The van der Waals surface area contributed by atoms with Gasteiger partial charge in [0.25, 0.3) is 0 Å². The van der Waals surface area contributed by atoms with Crippen molar-refractivity contribution in [3.63, 3.8) is 0 Å². The molecule has 1 aliphatic carbocycles. The number of benzene rings is 10. The lowest BCUT2D eigenvalue weighted by molar-refractivity contribution is 0.660. The van der Waals surface area contributed by atoms with Gasteiger partial charge in [0.05, 0.1) is 16.7 Å². The number of rotatable bonds is 8. The molecule has 0 aliphatic heterocycles. The highest BCUT2D eigenvalue weighted by atomic mass is 15.1. The lowest BCUT2D eigenvalue weighted by Gasteiger charge is -2.29. The SMILES string of the molecule is CC1(C)c2ccccc2-c2c(-c3ccccc3N(c3ccc(-c4ccc(-c5ccccc5)cc4)cc3)c3cccc(-c4cccc5c4c4ccccc4n5-c4ccccc4)c3)cccc21. The summed E-state index contributed by atoms with van der Waals surface area (Å²) in [7, 11) is 0. The van der Waals surface area contributed by atoms with Crippen molar-refractivity contribution in [3.8, 4) is 61.3 Å². The van der Waals surface area contributed by atoms with Crippen LogP contribution < -0.4 is 4.90 Å². The molecule has 0 bridgehead atoms. The second-order valence-corrected chi connectivity index (χ2v) is 17.7. The molecule has 0 fully saturated rings. The Morgan fingerprint density at radius 1 is 0.354 bits per heavy atom. The Labute approximate surface area is 381 Å². The summed E-state index contributed by atoms with van der Waals surface area (Å²) in [6.07, 6.45) is 0. The first kappa shape index (κ1) is 38.5. The molecule has 308 valence electrons. The summed E-state index contributed by atoms with van der Waals surface area (Å²) in [6, 6.07) is 88.8. The van der Waals surface area contributed by atoms with Gasteiger partial charge >= 0.3 is 0 Å². The summed E-state index contributed by atoms with van der Waals surface area (Å²) in [5.41, 5.74) is 21.7. The van der Waals surface area contributed by atoms with Gasteiger partial charge in [0, 0.05) is 38.8 Å². The molecule has 11 aromatic rings. The Kier molecular flexibility index (Phi) is 9.21. The number of fused-ring (bicyclic) bond motifs is 6. The molecule has 1 heterocycles. The number of nitrogens with zero attached hydrogens (tertiary/aromatic N) is 2. The number of aromatic nitrogens is 1. The Morgan fingerprint density at radius 3 is 1.65 bits per heavy atom. The number of hydrogen-bond acceptors (Lipinski definition) is 1. The average molecular weight is 831 g/mol. The summed E-state index contributed by atoms with van der Waals surface area (Å²) >= 11 is 0. The number of anilines is 3. The third kappa shape index (κ3) is 6.40. The van der Waals surface area contributed by atoms with Crippen molar-refractivity contribution in [2.45, 2.75) is 19.3 Å². The highest BCUT2D eigenvalue weighted by Gasteiger charge is 2.37. The van der Waals surface area contributed by atoms with Gasteiger partial charge in [-0.1, -0.05) is 202 Å². The minimum atomic E-state index is -0.106. The zero-order valence-electron chi connectivity index (χ0n) is 36.5. The first-order valence-corrected chi connectivity index (χ1v) is 22.6. The fourth-order valence-electron chi connectivity index (χ4n) is 10.5. The van der Waals surface area contributed by atoms with Gasteiger partial charge in [-0.15, -0.1) is 0 Å². The molecule has 10 aromatic carbocycles. The second kappa shape index (κ2) is 15.6. The molecule has 1 aliphatic rings. The fourth-order valence-corrected chi connectivity index (χ4v) is 10.5. The summed E-state index contributed by atoms with van der Waals surface area (Å²) < 4.78 is 2.40. The van der Waals surface area contributed by atoms with E-state index in [9.17, 15) is 0 Å². The van der Waals surface area contributed by atoms with Gasteiger partial charge in [0.2, 0.25) is 0 Å². The quantitative estimate of drug-likeness (QED) is 0.148. The third-order valence-electron chi connectivity index (χ3n) is 13.6. The maximum atomic E-state index is 2.46. The molecule has 12 rings (SSSR count). The van der Waals surface area contributed by atoms with Crippen LogP contribution in [0.5, 0.6) is 0 Å². The monoisotopic (exact) mass is 830 g/mol. The number of para-hydroxylation sites is 3. The van der Waals surface area contributed by atoms with E-state index in [0.717, 1.165) is 28.3 Å². The average Bonchev–Trinajstić information content (AvgIpc) is 3.84. The van der Waals surface area contributed by atoms with Crippen molar-refractivity contribution in [1.82, 2.24) is 4.57 Å². The Bertz CT molecular complexity index is 3540. The van der Waals surface area contributed by atoms with Crippen molar-refractivity contribution in [1.29, 1.82) is 0 Å². The van der Waals surface area contributed by atoms with Crippen LogP contribution in [-0.4, -0.2) is 4.57 Å². The zero-order chi connectivity index (χ0) is 43.5. The van der Waals surface area contributed by atoms with Crippen LogP contribution in [0.25, 0.3) is 83.1 Å². The van der Waals surface area contributed by atoms with E-state index in [2.05, 4.69) is 266 Å². The van der Waals surface area contributed by atoms with Gasteiger partial charge in [-0.3, -0.25) is 0 Å². The molecule has 0 radical (unpaired) electrons. The molecule has 65 heavy (non-hydrogen) atoms. The molecule has 0 amide bonds. The van der Waals surface area contributed by atoms with E-state index < -0.39 is 0 Å². The van der Waals surface area contributed by atoms with Crippen molar-refractivity contribution in [2.24, 2.45) is 0 Å².